The molecule has 6 heteroatoms. The average Bonchev–Trinajstić information content (AvgIpc) is 2.45. The zero-order valence-electron chi connectivity index (χ0n) is 12.1. The highest BCUT2D eigenvalue weighted by Gasteiger charge is 2.46. The van der Waals surface area contributed by atoms with Crippen molar-refractivity contribution in [2.75, 3.05) is 5.32 Å². The average molecular weight is 282 g/mol. The number of halogens is 1. The normalized spacial score (nSPS) is 23.6. The third-order valence-corrected chi connectivity index (χ3v) is 3.57. The molecule has 0 amide bonds. The zero-order valence-corrected chi connectivity index (χ0v) is 12.1. The number of nitro groups is 1. The van der Waals surface area contributed by atoms with Crippen LogP contribution in [-0.4, -0.2) is 22.2 Å². The molecule has 0 aliphatic carbocycles. The molecular weight excluding hydrogens is 263 g/mol. The summed E-state index contributed by atoms with van der Waals surface area (Å²) >= 11 is 0. The van der Waals surface area contributed by atoms with E-state index in [1.807, 2.05) is 27.7 Å². The number of nitrogens with zero attached hydrogens (tertiary/aromatic N) is 1. The van der Waals surface area contributed by atoms with Crippen LogP contribution in [0, 0.1) is 15.9 Å². The Bertz CT molecular complexity index is 543. The number of ether oxygens (including phenoxy) is 1. The lowest BCUT2D eigenvalue weighted by molar-refractivity contribution is -0.386. The summed E-state index contributed by atoms with van der Waals surface area (Å²) in [7, 11) is 0. The van der Waals surface area contributed by atoms with E-state index in [2.05, 4.69) is 5.32 Å². The summed E-state index contributed by atoms with van der Waals surface area (Å²) in [5.41, 5.74) is -1.13. The summed E-state index contributed by atoms with van der Waals surface area (Å²) in [6.45, 7) is 7.78. The van der Waals surface area contributed by atoms with Crippen LogP contribution in [0.4, 0.5) is 15.8 Å². The van der Waals surface area contributed by atoms with E-state index >= 15 is 0 Å². The number of nitrogens with one attached hydrogen (secondary N) is 1. The van der Waals surface area contributed by atoms with Crippen LogP contribution < -0.4 is 5.32 Å². The first-order valence-electron chi connectivity index (χ1n) is 6.52. The van der Waals surface area contributed by atoms with Crippen molar-refractivity contribution >= 4 is 11.4 Å². The predicted octanol–water partition coefficient (Wildman–Crippen LogP) is 3.49. The molecule has 5 nitrogen and oxygen atoms in total. The van der Waals surface area contributed by atoms with Gasteiger partial charge in [0.15, 0.2) is 0 Å². The van der Waals surface area contributed by atoms with E-state index in [0.29, 0.717) is 6.42 Å². The number of benzene rings is 1. The van der Waals surface area contributed by atoms with Gasteiger partial charge in [-0.15, -0.1) is 0 Å². The highest BCUT2D eigenvalue weighted by molar-refractivity contribution is 5.62. The summed E-state index contributed by atoms with van der Waals surface area (Å²) in [5.74, 6) is -0.837. The Kier molecular flexibility index (Phi) is 3.46. The number of anilines is 1. The van der Waals surface area contributed by atoms with Crippen molar-refractivity contribution < 1.29 is 14.1 Å². The van der Waals surface area contributed by atoms with E-state index in [0.717, 1.165) is 6.07 Å². The lowest BCUT2D eigenvalue weighted by atomic mass is 9.94. The van der Waals surface area contributed by atoms with Gasteiger partial charge in [0, 0.05) is 0 Å². The predicted molar refractivity (Wildman–Crippen MR) is 74.3 cm³/mol. The molecule has 20 heavy (non-hydrogen) atoms. The minimum absolute atomic E-state index is 0.127. The van der Waals surface area contributed by atoms with E-state index in [4.69, 9.17) is 4.74 Å². The van der Waals surface area contributed by atoms with Crippen molar-refractivity contribution in [3.63, 3.8) is 0 Å². The number of rotatable bonds is 3. The van der Waals surface area contributed by atoms with Gasteiger partial charge in [0.2, 0.25) is 5.82 Å². The monoisotopic (exact) mass is 282 g/mol. The van der Waals surface area contributed by atoms with Crippen LogP contribution in [0.2, 0.25) is 0 Å². The molecular formula is C14H19FN2O3. The van der Waals surface area contributed by atoms with Crippen LogP contribution >= 0.6 is 0 Å². The van der Waals surface area contributed by atoms with Gasteiger partial charge in [-0.2, -0.15) is 4.39 Å². The topological polar surface area (TPSA) is 64.4 Å². The minimum Gasteiger partial charge on any atom is -0.374 e. The standard InChI is InChI=1S/C14H19FN2O3/c1-13(2)8-11(14(3,4)20-13)16-10-7-5-6-9(15)12(10)17(18)19/h5-7,11,16H,8H2,1-4H3. The second kappa shape index (κ2) is 4.70. The highest BCUT2D eigenvalue weighted by Crippen LogP contribution is 2.40. The van der Waals surface area contributed by atoms with Crippen molar-refractivity contribution in [3.05, 3.63) is 34.1 Å². The molecule has 1 fully saturated rings. The van der Waals surface area contributed by atoms with E-state index in [-0.39, 0.29) is 17.3 Å². The Hall–Kier alpha value is -1.69. The number of nitro benzene ring substituents is 1. The third-order valence-electron chi connectivity index (χ3n) is 3.57. The summed E-state index contributed by atoms with van der Waals surface area (Å²) in [6.07, 6.45) is 0.688. The van der Waals surface area contributed by atoms with Gasteiger partial charge in [-0.1, -0.05) is 6.07 Å². The lowest BCUT2D eigenvalue weighted by Crippen LogP contribution is -2.38. The second-order valence-electron chi connectivity index (χ2n) is 6.26. The SMILES string of the molecule is CC1(C)CC(Nc2cccc(F)c2[N+](=O)[O-])C(C)(C)O1. The Balaban J connectivity index is 2.32. The third kappa shape index (κ3) is 2.75. The Labute approximate surface area is 117 Å². The van der Waals surface area contributed by atoms with Crippen molar-refractivity contribution in [2.24, 2.45) is 0 Å². The minimum atomic E-state index is -0.837. The summed E-state index contributed by atoms with van der Waals surface area (Å²) in [6, 6.07) is 3.93. The van der Waals surface area contributed by atoms with Crippen molar-refractivity contribution in [1.29, 1.82) is 0 Å². The van der Waals surface area contributed by atoms with Crippen molar-refractivity contribution in [3.8, 4) is 0 Å². The molecule has 1 aliphatic rings. The molecule has 110 valence electrons. The Morgan fingerprint density at radius 3 is 2.55 bits per heavy atom. The van der Waals surface area contributed by atoms with Crippen LogP contribution in [0.1, 0.15) is 34.1 Å². The number of para-hydroxylation sites is 1. The molecule has 1 saturated heterocycles. The van der Waals surface area contributed by atoms with E-state index < -0.39 is 22.0 Å². The molecule has 1 heterocycles. The molecule has 1 aromatic carbocycles. The van der Waals surface area contributed by atoms with Gasteiger partial charge < -0.3 is 10.1 Å². The maximum atomic E-state index is 13.6. The number of hydrogen-bond acceptors (Lipinski definition) is 4. The first-order chi connectivity index (χ1) is 9.12. The maximum absolute atomic E-state index is 13.6. The van der Waals surface area contributed by atoms with Crippen LogP contribution in [-0.2, 0) is 4.74 Å². The smallest absolute Gasteiger partial charge is 0.327 e. The zero-order chi connectivity index (χ0) is 15.1. The molecule has 1 unspecified atom stereocenters. The highest BCUT2D eigenvalue weighted by atomic mass is 19.1. The lowest BCUT2D eigenvalue weighted by Gasteiger charge is -2.28. The first kappa shape index (κ1) is 14.7. The van der Waals surface area contributed by atoms with Gasteiger partial charge in [0.1, 0.15) is 5.69 Å². The van der Waals surface area contributed by atoms with Crippen LogP contribution in [0.15, 0.2) is 18.2 Å². The van der Waals surface area contributed by atoms with Crippen molar-refractivity contribution in [1.82, 2.24) is 0 Å². The van der Waals surface area contributed by atoms with Crippen LogP contribution in [0.3, 0.4) is 0 Å². The summed E-state index contributed by atoms with van der Waals surface area (Å²) < 4.78 is 19.5. The molecule has 1 atom stereocenters. The molecule has 1 N–H and O–H groups in total. The molecule has 1 aromatic rings. The molecule has 0 bridgehead atoms. The molecule has 2 rings (SSSR count). The van der Waals surface area contributed by atoms with Gasteiger partial charge in [-0.25, -0.2) is 0 Å². The van der Waals surface area contributed by atoms with Crippen molar-refractivity contribution in [2.45, 2.75) is 51.4 Å². The number of hydrogen-bond donors (Lipinski definition) is 1. The van der Waals surface area contributed by atoms with Gasteiger partial charge in [-0.05, 0) is 46.2 Å². The fraction of sp³-hybridized carbons (Fsp3) is 0.571. The molecule has 0 aromatic heterocycles. The van der Waals surface area contributed by atoms with E-state index in [1.54, 1.807) is 0 Å². The van der Waals surface area contributed by atoms with Gasteiger partial charge in [0.05, 0.1) is 22.2 Å². The fourth-order valence-electron chi connectivity index (χ4n) is 2.79. The summed E-state index contributed by atoms with van der Waals surface area (Å²) in [5, 5.41) is 14.1. The molecule has 0 radical (unpaired) electrons. The largest absolute Gasteiger partial charge is 0.374 e. The van der Waals surface area contributed by atoms with Crippen LogP contribution in [0.5, 0.6) is 0 Å². The van der Waals surface area contributed by atoms with E-state index in [1.165, 1.54) is 12.1 Å². The second-order valence-corrected chi connectivity index (χ2v) is 6.26. The van der Waals surface area contributed by atoms with Gasteiger partial charge in [0.25, 0.3) is 0 Å². The van der Waals surface area contributed by atoms with Gasteiger partial charge in [-0.3, -0.25) is 10.1 Å². The van der Waals surface area contributed by atoms with Gasteiger partial charge >= 0.3 is 5.69 Å². The Morgan fingerprint density at radius 2 is 2.05 bits per heavy atom. The maximum Gasteiger partial charge on any atom is 0.327 e. The summed E-state index contributed by atoms with van der Waals surface area (Å²) in [4.78, 5) is 10.3. The Morgan fingerprint density at radius 1 is 1.40 bits per heavy atom. The van der Waals surface area contributed by atoms with Crippen LogP contribution in [0.25, 0.3) is 0 Å². The molecule has 0 saturated carbocycles. The fourth-order valence-corrected chi connectivity index (χ4v) is 2.79. The first-order valence-corrected chi connectivity index (χ1v) is 6.52. The molecule has 1 aliphatic heterocycles. The quantitative estimate of drug-likeness (QED) is 0.680. The van der Waals surface area contributed by atoms with E-state index in [9.17, 15) is 14.5 Å². The molecule has 0 spiro atoms.